The van der Waals surface area contributed by atoms with Gasteiger partial charge in [-0.2, -0.15) is 0 Å². The number of anilines is 1. The summed E-state index contributed by atoms with van der Waals surface area (Å²) in [4.78, 5) is 28.5. The molecule has 0 unspecified atom stereocenters. The van der Waals surface area contributed by atoms with Crippen molar-refractivity contribution < 1.29 is 22.8 Å². The topological polar surface area (TPSA) is 84.2 Å². The predicted molar refractivity (Wildman–Crippen MR) is 104 cm³/mol. The lowest BCUT2D eigenvalue weighted by molar-refractivity contribution is -0.116. The molecule has 0 saturated heterocycles. The van der Waals surface area contributed by atoms with Crippen LogP contribution < -0.4 is 10.6 Å². The van der Waals surface area contributed by atoms with Crippen molar-refractivity contribution in [3.8, 4) is 11.3 Å². The number of hydrogen-bond acceptors (Lipinski definition) is 5. The molecule has 2 N–H and O–H groups in total. The quantitative estimate of drug-likeness (QED) is 0.605. The van der Waals surface area contributed by atoms with Gasteiger partial charge in [0.25, 0.3) is 5.91 Å². The Hall–Kier alpha value is -3.07. The van der Waals surface area contributed by atoms with E-state index in [1.807, 2.05) is 0 Å². The summed E-state index contributed by atoms with van der Waals surface area (Å²) < 4.78 is 32.3. The minimum absolute atomic E-state index is 0.0768. The predicted octanol–water partition coefficient (Wildman–Crippen LogP) is 4.14. The van der Waals surface area contributed by atoms with Gasteiger partial charge < -0.3 is 15.1 Å². The van der Waals surface area contributed by atoms with Crippen LogP contribution in [0.2, 0.25) is 0 Å². The van der Waals surface area contributed by atoms with Gasteiger partial charge in [-0.05, 0) is 36.4 Å². The Morgan fingerprint density at radius 2 is 2.07 bits per heavy atom. The number of nitrogens with one attached hydrogen (secondary N) is 2. The third-order valence-electron chi connectivity index (χ3n) is 4.39. The van der Waals surface area contributed by atoms with Crippen molar-refractivity contribution in [2.45, 2.75) is 31.7 Å². The van der Waals surface area contributed by atoms with Crippen molar-refractivity contribution in [1.82, 2.24) is 10.3 Å². The second-order valence-corrected chi connectivity index (χ2v) is 7.62. The first-order valence-electron chi connectivity index (χ1n) is 9.08. The zero-order valence-corrected chi connectivity index (χ0v) is 16.0. The van der Waals surface area contributed by atoms with Gasteiger partial charge >= 0.3 is 0 Å². The molecule has 0 radical (unpaired) electrons. The molecule has 2 aromatic heterocycles. The number of carbonyl (C=O) groups is 2. The number of amides is 2. The van der Waals surface area contributed by atoms with E-state index < -0.39 is 11.6 Å². The maximum absolute atomic E-state index is 13.8. The van der Waals surface area contributed by atoms with E-state index in [1.54, 1.807) is 11.4 Å². The molecule has 2 heterocycles. The lowest BCUT2D eigenvalue weighted by Crippen LogP contribution is -2.26. The second kappa shape index (κ2) is 8.12. The molecule has 0 atom stereocenters. The number of thiophene rings is 1. The number of halogens is 2. The Labute approximate surface area is 169 Å². The van der Waals surface area contributed by atoms with Gasteiger partial charge in [0.1, 0.15) is 16.6 Å². The van der Waals surface area contributed by atoms with Crippen LogP contribution in [0, 0.1) is 11.6 Å². The zero-order chi connectivity index (χ0) is 20.4. The minimum Gasteiger partial charge on any atom is -0.441 e. The highest BCUT2D eigenvalue weighted by atomic mass is 32.1. The third kappa shape index (κ3) is 4.68. The first kappa shape index (κ1) is 19.3. The summed E-state index contributed by atoms with van der Waals surface area (Å²) in [6.45, 7) is 0. The van der Waals surface area contributed by atoms with Crippen molar-refractivity contribution in [2.24, 2.45) is 0 Å². The molecule has 29 heavy (non-hydrogen) atoms. The van der Waals surface area contributed by atoms with E-state index in [1.165, 1.54) is 23.6 Å². The fourth-order valence-electron chi connectivity index (χ4n) is 2.72. The first-order valence-corrected chi connectivity index (χ1v) is 9.96. The molecule has 1 aliphatic carbocycles. The summed E-state index contributed by atoms with van der Waals surface area (Å²) in [5.74, 6) is -1.49. The maximum atomic E-state index is 13.8. The molecule has 2 amide bonds. The van der Waals surface area contributed by atoms with E-state index in [9.17, 15) is 18.4 Å². The molecule has 4 rings (SSSR count). The Bertz CT molecular complexity index is 1060. The Morgan fingerprint density at radius 3 is 2.83 bits per heavy atom. The van der Waals surface area contributed by atoms with E-state index >= 15 is 0 Å². The van der Waals surface area contributed by atoms with E-state index in [4.69, 9.17) is 4.42 Å². The van der Waals surface area contributed by atoms with Gasteiger partial charge in [-0.15, -0.1) is 11.3 Å². The fraction of sp³-hybridized carbons (Fsp3) is 0.250. The maximum Gasteiger partial charge on any atom is 0.254 e. The molecular formula is C20H17F2N3O3S. The van der Waals surface area contributed by atoms with Crippen LogP contribution in [0.5, 0.6) is 0 Å². The Balaban J connectivity index is 1.34. The van der Waals surface area contributed by atoms with Crippen molar-refractivity contribution in [3.63, 3.8) is 0 Å². The molecule has 3 aromatic rings. The number of carbonyl (C=O) groups excluding carboxylic acids is 2. The van der Waals surface area contributed by atoms with Crippen LogP contribution in [0.3, 0.4) is 0 Å². The van der Waals surface area contributed by atoms with E-state index in [0.29, 0.717) is 10.6 Å². The molecule has 1 fully saturated rings. The number of hydrogen-bond donors (Lipinski definition) is 2. The minimum atomic E-state index is -0.750. The fourth-order valence-corrected chi connectivity index (χ4v) is 3.53. The van der Waals surface area contributed by atoms with Gasteiger partial charge in [-0.3, -0.25) is 9.59 Å². The Morgan fingerprint density at radius 1 is 1.24 bits per heavy atom. The van der Waals surface area contributed by atoms with Crippen LogP contribution in [-0.2, 0) is 11.2 Å². The van der Waals surface area contributed by atoms with Gasteiger partial charge in [0.2, 0.25) is 5.91 Å². The van der Waals surface area contributed by atoms with Crippen molar-refractivity contribution >= 4 is 28.2 Å². The number of aryl methyl sites for hydroxylation is 1. The van der Waals surface area contributed by atoms with Gasteiger partial charge in [-0.1, -0.05) is 0 Å². The normalized spacial score (nSPS) is 13.3. The summed E-state index contributed by atoms with van der Waals surface area (Å²) in [5.41, 5.74) is 0.542. The third-order valence-corrected chi connectivity index (χ3v) is 5.22. The summed E-state index contributed by atoms with van der Waals surface area (Å²) >= 11 is 1.28. The average molecular weight is 417 g/mol. The van der Waals surface area contributed by atoms with Crippen LogP contribution in [0.15, 0.2) is 40.3 Å². The number of benzene rings is 1. The summed E-state index contributed by atoms with van der Waals surface area (Å²) in [5, 5.41) is 7.87. The van der Waals surface area contributed by atoms with E-state index in [0.717, 1.165) is 25.0 Å². The van der Waals surface area contributed by atoms with Crippen LogP contribution in [0.1, 0.15) is 35.5 Å². The molecule has 9 heteroatoms. The van der Waals surface area contributed by atoms with Crippen LogP contribution >= 0.6 is 11.3 Å². The lowest BCUT2D eigenvalue weighted by atomic mass is 10.2. The van der Waals surface area contributed by atoms with Crippen molar-refractivity contribution in [2.75, 3.05) is 5.32 Å². The molecule has 0 spiro atoms. The average Bonchev–Trinajstić information content (AvgIpc) is 3.16. The Kier molecular flexibility index (Phi) is 5.39. The van der Waals surface area contributed by atoms with Crippen LogP contribution in [0.4, 0.5) is 13.8 Å². The molecule has 1 saturated carbocycles. The number of nitrogens with zero attached hydrogens (tertiary/aromatic N) is 1. The standard InChI is InChI=1S/C20H17F2N3O3S/c21-11-1-4-13(15(22)9-11)16-10-23-18(28-16)6-5-17(26)25-20-14(7-8-29-20)19(27)24-12-2-3-12/h1,4,7-10,12H,2-3,5-6H2,(H,24,27)(H,25,26). The van der Waals surface area contributed by atoms with Gasteiger partial charge in [0, 0.05) is 24.9 Å². The van der Waals surface area contributed by atoms with Gasteiger partial charge in [0.05, 0.1) is 17.3 Å². The van der Waals surface area contributed by atoms with Gasteiger partial charge in [-0.25, -0.2) is 13.8 Å². The lowest BCUT2D eigenvalue weighted by Gasteiger charge is -2.06. The number of oxazole rings is 1. The highest BCUT2D eigenvalue weighted by Gasteiger charge is 2.25. The smallest absolute Gasteiger partial charge is 0.254 e. The zero-order valence-electron chi connectivity index (χ0n) is 15.2. The first-order chi connectivity index (χ1) is 14.0. The monoisotopic (exact) mass is 417 g/mol. The summed E-state index contributed by atoms with van der Waals surface area (Å²) in [6, 6.07) is 5.08. The highest BCUT2D eigenvalue weighted by molar-refractivity contribution is 7.14. The molecule has 1 aromatic carbocycles. The molecular weight excluding hydrogens is 400 g/mol. The van der Waals surface area contributed by atoms with Crippen LogP contribution in [0.25, 0.3) is 11.3 Å². The molecule has 6 nitrogen and oxygen atoms in total. The van der Waals surface area contributed by atoms with Crippen molar-refractivity contribution in [3.05, 3.63) is 58.9 Å². The van der Waals surface area contributed by atoms with Gasteiger partial charge in [0.15, 0.2) is 11.7 Å². The second-order valence-electron chi connectivity index (χ2n) is 6.70. The number of rotatable bonds is 7. The summed E-state index contributed by atoms with van der Waals surface area (Å²) in [7, 11) is 0. The van der Waals surface area contributed by atoms with E-state index in [-0.39, 0.29) is 47.9 Å². The van der Waals surface area contributed by atoms with Crippen LogP contribution in [-0.4, -0.2) is 22.8 Å². The largest absolute Gasteiger partial charge is 0.441 e. The number of aromatic nitrogens is 1. The molecule has 150 valence electrons. The van der Waals surface area contributed by atoms with E-state index in [2.05, 4.69) is 15.6 Å². The SMILES string of the molecule is O=C(CCc1ncc(-c2ccc(F)cc2F)o1)Nc1sccc1C(=O)NC1CC1. The van der Waals surface area contributed by atoms with Crippen molar-refractivity contribution in [1.29, 1.82) is 0 Å². The molecule has 0 aliphatic heterocycles. The molecule has 1 aliphatic rings. The summed E-state index contributed by atoms with van der Waals surface area (Å²) in [6.07, 6.45) is 3.58. The molecule has 0 bridgehead atoms. The highest BCUT2D eigenvalue weighted by Crippen LogP contribution is 2.27.